The maximum Gasteiger partial charge on any atom is 0.306 e. The molecule has 0 bridgehead atoms. The van der Waals surface area contributed by atoms with Gasteiger partial charge in [-0.25, -0.2) is 0 Å². The van der Waals surface area contributed by atoms with Crippen LogP contribution < -0.4 is 0 Å². The maximum absolute atomic E-state index is 11.6. The molecule has 0 aromatic rings. The molecule has 4 nitrogen and oxygen atoms in total. The molecule has 1 spiro atoms. The molecule has 4 atom stereocenters. The number of carboxylic acid groups (broad SMARTS) is 1. The second-order valence-corrected chi connectivity index (χ2v) is 6.83. The van der Waals surface area contributed by atoms with Crippen LogP contribution >= 0.6 is 0 Å². The Morgan fingerprint density at radius 1 is 1.10 bits per heavy atom. The minimum atomic E-state index is -0.583. The summed E-state index contributed by atoms with van der Waals surface area (Å²) in [6.07, 6.45) is 8.41. The van der Waals surface area contributed by atoms with Crippen molar-refractivity contribution >= 4 is 5.97 Å². The molecule has 2 saturated heterocycles. The van der Waals surface area contributed by atoms with Gasteiger partial charge in [0.25, 0.3) is 0 Å². The molecule has 4 unspecified atom stereocenters. The highest BCUT2D eigenvalue weighted by Gasteiger charge is 2.45. The highest BCUT2D eigenvalue weighted by Crippen LogP contribution is 2.44. The third kappa shape index (κ3) is 2.86. The van der Waals surface area contributed by atoms with Gasteiger partial charge in [0.2, 0.25) is 0 Å². The molecular formula is C16H26O4. The van der Waals surface area contributed by atoms with Gasteiger partial charge < -0.3 is 14.6 Å². The summed E-state index contributed by atoms with van der Waals surface area (Å²) in [5.74, 6) is 0.126. The zero-order valence-electron chi connectivity index (χ0n) is 12.2. The topological polar surface area (TPSA) is 55.8 Å². The van der Waals surface area contributed by atoms with Crippen LogP contribution in [0.3, 0.4) is 0 Å². The fourth-order valence-corrected chi connectivity index (χ4v) is 4.50. The summed E-state index contributed by atoms with van der Waals surface area (Å²) in [5.41, 5.74) is -0.0989. The number of aliphatic carboxylic acids is 1. The van der Waals surface area contributed by atoms with Crippen LogP contribution in [0.15, 0.2) is 0 Å². The van der Waals surface area contributed by atoms with Gasteiger partial charge in [-0.15, -0.1) is 0 Å². The predicted molar refractivity (Wildman–Crippen MR) is 74.5 cm³/mol. The van der Waals surface area contributed by atoms with Crippen LogP contribution in [0.5, 0.6) is 0 Å². The Morgan fingerprint density at radius 2 is 1.95 bits per heavy atom. The van der Waals surface area contributed by atoms with E-state index in [2.05, 4.69) is 0 Å². The molecule has 3 rings (SSSR count). The van der Waals surface area contributed by atoms with Crippen LogP contribution in [-0.2, 0) is 14.3 Å². The van der Waals surface area contributed by atoms with E-state index < -0.39 is 5.97 Å². The van der Waals surface area contributed by atoms with Crippen molar-refractivity contribution in [3.05, 3.63) is 0 Å². The van der Waals surface area contributed by atoms with Crippen molar-refractivity contribution in [2.45, 2.75) is 57.0 Å². The highest BCUT2D eigenvalue weighted by molar-refractivity contribution is 5.70. The molecule has 3 aliphatic rings. The van der Waals surface area contributed by atoms with E-state index in [1.165, 1.54) is 12.8 Å². The van der Waals surface area contributed by atoms with Crippen molar-refractivity contribution in [3.63, 3.8) is 0 Å². The van der Waals surface area contributed by atoms with Crippen molar-refractivity contribution in [2.75, 3.05) is 19.8 Å². The van der Waals surface area contributed by atoms with Crippen LogP contribution in [0.4, 0.5) is 0 Å². The van der Waals surface area contributed by atoms with Gasteiger partial charge in [0.15, 0.2) is 0 Å². The lowest BCUT2D eigenvalue weighted by molar-refractivity contribution is -0.148. The van der Waals surface area contributed by atoms with Gasteiger partial charge in [0.1, 0.15) is 0 Å². The van der Waals surface area contributed by atoms with Crippen molar-refractivity contribution in [1.29, 1.82) is 0 Å². The monoisotopic (exact) mass is 282 g/mol. The van der Waals surface area contributed by atoms with Crippen LogP contribution in [0.1, 0.15) is 51.4 Å². The zero-order valence-corrected chi connectivity index (χ0v) is 12.2. The average Bonchev–Trinajstić information content (AvgIpc) is 2.75. The molecule has 20 heavy (non-hydrogen) atoms. The first kappa shape index (κ1) is 14.3. The number of carbonyl (C=O) groups is 1. The van der Waals surface area contributed by atoms with Gasteiger partial charge in [-0.05, 0) is 37.5 Å². The first-order chi connectivity index (χ1) is 9.70. The van der Waals surface area contributed by atoms with E-state index in [9.17, 15) is 9.90 Å². The Balaban J connectivity index is 1.73. The van der Waals surface area contributed by atoms with E-state index in [0.717, 1.165) is 51.7 Å². The molecule has 0 aromatic carbocycles. The SMILES string of the molecule is O=C(O)C1CCCCCC1C1CCOC2(CCOC2)C1. The number of rotatable bonds is 2. The van der Waals surface area contributed by atoms with Gasteiger partial charge in [0.05, 0.1) is 18.1 Å². The molecule has 1 saturated carbocycles. The van der Waals surface area contributed by atoms with Crippen LogP contribution in [0.25, 0.3) is 0 Å². The Morgan fingerprint density at radius 3 is 2.70 bits per heavy atom. The lowest BCUT2D eigenvalue weighted by Crippen LogP contribution is -2.44. The first-order valence-electron chi connectivity index (χ1n) is 8.15. The fraction of sp³-hybridized carbons (Fsp3) is 0.938. The van der Waals surface area contributed by atoms with Crippen LogP contribution in [0, 0.1) is 17.8 Å². The van der Waals surface area contributed by atoms with E-state index >= 15 is 0 Å². The van der Waals surface area contributed by atoms with E-state index in [-0.39, 0.29) is 11.5 Å². The molecule has 4 heteroatoms. The smallest absolute Gasteiger partial charge is 0.306 e. The van der Waals surface area contributed by atoms with Crippen molar-refractivity contribution in [2.24, 2.45) is 17.8 Å². The maximum atomic E-state index is 11.6. The fourth-order valence-electron chi connectivity index (χ4n) is 4.50. The van der Waals surface area contributed by atoms with E-state index in [0.29, 0.717) is 18.4 Å². The molecule has 2 heterocycles. The zero-order chi connectivity index (χ0) is 14.0. The normalized spacial score (nSPS) is 42.5. The lowest BCUT2D eigenvalue weighted by Gasteiger charge is -2.41. The summed E-state index contributed by atoms with van der Waals surface area (Å²) in [7, 11) is 0. The summed E-state index contributed by atoms with van der Waals surface area (Å²) in [5, 5.41) is 9.57. The second-order valence-electron chi connectivity index (χ2n) is 6.83. The largest absolute Gasteiger partial charge is 0.481 e. The molecule has 1 N–H and O–H groups in total. The molecule has 1 aliphatic carbocycles. The highest BCUT2D eigenvalue weighted by atomic mass is 16.6. The van der Waals surface area contributed by atoms with Crippen molar-refractivity contribution < 1.29 is 19.4 Å². The molecule has 114 valence electrons. The lowest BCUT2D eigenvalue weighted by atomic mass is 9.71. The Hall–Kier alpha value is -0.610. The first-order valence-corrected chi connectivity index (χ1v) is 8.15. The summed E-state index contributed by atoms with van der Waals surface area (Å²) in [6, 6.07) is 0. The number of ether oxygens (including phenoxy) is 2. The van der Waals surface area contributed by atoms with Crippen LogP contribution in [-0.4, -0.2) is 36.5 Å². The van der Waals surface area contributed by atoms with E-state index in [4.69, 9.17) is 9.47 Å². The number of carboxylic acids is 1. The molecule has 2 aliphatic heterocycles. The molecule has 3 fully saturated rings. The quantitative estimate of drug-likeness (QED) is 0.791. The number of hydrogen-bond donors (Lipinski definition) is 1. The van der Waals surface area contributed by atoms with Gasteiger partial charge in [0, 0.05) is 19.6 Å². The Bertz CT molecular complexity index is 348. The third-order valence-corrected chi connectivity index (χ3v) is 5.59. The third-order valence-electron chi connectivity index (χ3n) is 5.59. The van der Waals surface area contributed by atoms with Gasteiger partial charge in [-0.1, -0.05) is 19.3 Å². The average molecular weight is 282 g/mol. The van der Waals surface area contributed by atoms with Crippen molar-refractivity contribution in [3.8, 4) is 0 Å². The van der Waals surface area contributed by atoms with Crippen LogP contribution in [0.2, 0.25) is 0 Å². The predicted octanol–water partition coefficient (Wildman–Crippen LogP) is 2.85. The Kier molecular flexibility index (Phi) is 4.32. The Labute approximate surface area is 120 Å². The van der Waals surface area contributed by atoms with E-state index in [1.807, 2.05) is 0 Å². The van der Waals surface area contributed by atoms with Gasteiger partial charge >= 0.3 is 5.97 Å². The van der Waals surface area contributed by atoms with E-state index in [1.54, 1.807) is 0 Å². The minimum Gasteiger partial charge on any atom is -0.481 e. The summed E-state index contributed by atoms with van der Waals surface area (Å²) in [4.78, 5) is 11.6. The molecule has 0 amide bonds. The summed E-state index contributed by atoms with van der Waals surface area (Å²) >= 11 is 0. The van der Waals surface area contributed by atoms with Gasteiger partial charge in [-0.3, -0.25) is 4.79 Å². The standard InChI is InChI=1S/C16H26O4/c17-15(18)14-5-3-1-2-4-13(14)12-6-8-20-16(10-12)7-9-19-11-16/h12-14H,1-11H2,(H,17,18). The van der Waals surface area contributed by atoms with Gasteiger partial charge in [-0.2, -0.15) is 0 Å². The molecule has 0 radical (unpaired) electrons. The number of hydrogen-bond acceptors (Lipinski definition) is 3. The summed E-state index contributed by atoms with van der Waals surface area (Å²) < 4.78 is 11.5. The second kappa shape index (κ2) is 6.02. The molecular weight excluding hydrogens is 256 g/mol. The van der Waals surface area contributed by atoms with Crippen molar-refractivity contribution in [1.82, 2.24) is 0 Å². The minimum absolute atomic E-state index is 0.0989. The molecule has 0 aromatic heterocycles. The summed E-state index contributed by atoms with van der Waals surface area (Å²) in [6.45, 7) is 2.27.